The summed E-state index contributed by atoms with van der Waals surface area (Å²) in [4.78, 5) is 13.0. The minimum Gasteiger partial charge on any atom is -0.497 e. The van der Waals surface area contributed by atoms with Crippen LogP contribution in [0.2, 0.25) is 0 Å². The molecule has 4 aromatic rings. The monoisotopic (exact) mass is 706 g/mol. The Kier molecular flexibility index (Phi) is 10.2. The molecule has 8 nitrogen and oxygen atoms in total. The topological polar surface area (TPSA) is 93.2 Å². The third-order valence-corrected chi connectivity index (χ3v) is 10.8. The number of nitrogens with one attached hydrogen (secondary N) is 1. The normalized spacial score (nSPS) is 17.4. The highest BCUT2D eigenvalue weighted by molar-refractivity contribution is 6.05. The smallest absolute Gasteiger partial charge is 0.253 e. The molecule has 0 bridgehead atoms. The fourth-order valence-corrected chi connectivity index (χ4v) is 7.96. The second-order valence-corrected chi connectivity index (χ2v) is 15.1. The van der Waals surface area contributed by atoms with Gasteiger partial charge in [0, 0.05) is 11.1 Å². The van der Waals surface area contributed by atoms with Crippen molar-refractivity contribution in [3.05, 3.63) is 129 Å². The standard InChI is InChI=1S/C45H46N4O4/c1-45(2,3)31-17-15-30(16-18-31)38(40-37(28-11-7-8-12-28)36(27-46)43(48-40)52-34-23-19-32(50-5)20-24-34)41-39(29-13-9-10-14-29)42(47-4)44(49-41)53-35-25-21-33(51-6)22-26-35/h15-26,28-29,48H,7-14H2,1-3,5-6H3. The summed E-state index contributed by atoms with van der Waals surface area (Å²) in [7, 11) is 3.26. The van der Waals surface area contributed by atoms with Gasteiger partial charge in [0.1, 0.15) is 34.6 Å². The molecule has 8 heteroatoms. The van der Waals surface area contributed by atoms with Crippen LogP contribution in [0.4, 0.5) is 0 Å². The molecule has 1 aliphatic heterocycles. The van der Waals surface area contributed by atoms with E-state index in [2.05, 4.69) is 60.9 Å². The summed E-state index contributed by atoms with van der Waals surface area (Å²) in [6, 6.07) is 25.9. The van der Waals surface area contributed by atoms with E-state index in [4.69, 9.17) is 30.5 Å². The first kappa shape index (κ1) is 35.7. The Morgan fingerprint density at radius 3 is 1.81 bits per heavy atom. The van der Waals surface area contributed by atoms with Gasteiger partial charge in [-0.15, -0.1) is 0 Å². The Bertz CT molecular complexity index is 2140. The summed E-state index contributed by atoms with van der Waals surface area (Å²) in [6.45, 7) is 15.1. The van der Waals surface area contributed by atoms with E-state index in [0.717, 1.165) is 90.8 Å². The lowest BCUT2D eigenvalue weighted by Crippen LogP contribution is -2.11. The molecule has 3 aromatic carbocycles. The van der Waals surface area contributed by atoms with Gasteiger partial charge in [-0.05, 0) is 108 Å². The average Bonchev–Trinajstić information content (AvgIpc) is 4.00. The summed E-state index contributed by atoms with van der Waals surface area (Å²) in [5, 5.41) is 10.8. The third kappa shape index (κ3) is 7.19. The number of rotatable bonds is 9. The number of aromatic nitrogens is 1. The molecule has 2 heterocycles. The Morgan fingerprint density at radius 2 is 1.30 bits per heavy atom. The van der Waals surface area contributed by atoms with Crippen LogP contribution in [0.1, 0.15) is 106 Å². The number of H-pyrrole nitrogens is 1. The first-order valence-corrected chi connectivity index (χ1v) is 18.6. The molecule has 0 amide bonds. The highest BCUT2D eigenvalue weighted by Gasteiger charge is 2.38. The van der Waals surface area contributed by atoms with E-state index in [0.29, 0.717) is 34.4 Å². The van der Waals surface area contributed by atoms with E-state index in [1.54, 1.807) is 14.2 Å². The Morgan fingerprint density at radius 1 is 0.774 bits per heavy atom. The number of hydrogen-bond acceptors (Lipinski definition) is 6. The van der Waals surface area contributed by atoms with Gasteiger partial charge in [-0.3, -0.25) is 0 Å². The van der Waals surface area contributed by atoms with Crippen LogP contribution in [0.15, 0.2) is 94.8 Å². The summed E-state index contributed by atoms with van der Waals surface area (Å²) in [5.74, 6) is 3.59. The van der Waals surface area contributed by atoms with Crippen LogP contribution in [0, 0.1) is 23.8 Å². The molecule has 3 aliphatic rings. The van der Waals surface area contributed by atoms with Crippen LogP contribution in [0.3, 0.4) is 0 Å². The molecule has 0 atom stereocenters. The molecule has 53 heavy (non-hydrogen) atoms. The highest BCUT2D eigenvalue weighted by Crippen LogP contribution is 2.50. The van der Waals surface area contributed by atoms with Crippen LogP contribution in [0.25, 0.3) is 10.4 Å². The Labute approximate surface area is 312 Å². The molecule has 2 aliphatic carbocycles. The van der Waals surface area contributed by atoms with E-state index < -0.39 is 0 Å². The molecule has 0 unspecified atom stereocenters. The minimum atomic E-state index is -0.0440. The summed E-state index contributed by atoms with van der Waals surface area (Å²) >= 11 is 0. The van der Waals surface area contributed by atoms with Crippen LogP contribution in [-0.2, 0) is 5.41 Å². The third-order valence-electron chi connectivity index (χ3n) is 10.8. The number of ether oxygens (including phenoxy) is 4. The van der Waals surface area contributed by atoms with Crippen molar-refractivity contribution < 1.29 is 18.9 Å². The van der Waals surface area contributed by atoms with E-state index in [1.807, 2.05) is 48.5 Å². The van der Waals surface area contributed by atoms with Crippen molar-refractivity contribution >= 4 is 11.5 Å². The lowest BCUT2D eigenvalue weighted by atomic mass is 9.83. The van der Waals surface area contributed by atoms with E-state index in [-0.39, 0.29) is 23.1 Å². The van der Waals surface area contributed by atoms with Gasteiger partial charge in [-0.25, -0.2) is 9.84 Å². The van der Waals surface area contributed by atoms with Gasteiger partial charge < -0.3 is 23.9 Å². The van der Waals surface area contributed by atoms with Crippen molar-refractivity contribution in [2.75, 3.05) is 14.2 Å². The second kappa shape index (κ2) is 15.1. The highest BCUT2D eigenvalue weighted by atomic mass is 16.5. The van der Waals surface area contributed by atoms with Crippen molar-refractivity contribution in [2.45, 2.75) is 83.5 Å². The zero-order chi connectivity index (χ0) is 37.1. The predicted molar refractivity (Wildman–Crippen MR) is 208 cm³/mol. The Hall–Kier alpha value is -5.73. The molecular weight excluding hydrogens is 661 g/mol. The zero-order valence-electron chi connectivity index (χ0n) is 31.2. The molecule has 0 spiro atoms. The van der Waals surface area contributed by atoms with Crippen LogP contribution in [0.5, 0.6) is 28.9 Å². The molecule has 270 valence electrons. The SMILES string of the molecule is [C-]#[N+]C1=C(C2CCCC2)C(=C(c2ccc(C(C)(C)C)cc2)c2[nH]c(Oc3ccc(OC)cc3)c(C#N)c2C2CCCC2)N=C1Oc1ccc(OC)cc1. The largest absolute Gasteiger partial charge is 0.497 e. The van der Waals surface area contributed by atoms with Gasteiger partial charge in [0.05, 0.1) is 32.2 Å². The maximum absolute atomic E-state index is 10.8. The molecule has 1 N–H and O–H groups in total. The lowest BCUT2D eigenvalue weighted by molar-refractivity contribution is 0.412. The number of aliphatic imine (C=N–C) groups is 1. The van der Waals surface area contributed by atoms with Crippen LogP contribution in [-0.4, -0.2) is 25.1 Å². The number of hydrogen-bond donors (Lipinski definition) is 1. The molecule has 7 rings (SSSR count). The number of methoxy groups -OCH3 is 2. The lowest BCUT2D eigenvalue weighted by Gasteiger charge is -2.22. The van der Waals surface area contributed by atoms with Crippen molar-refractivity contribution in [2.24, 2.45) is 10.9 Å². The quantitative estimate of drug-likeness (QED) is 0.175. The summed E-state index contributed by atoms with van der Waals surface area (Å²) in [5.41, 5.74) is 7.30. The van der Waals surface area contributed by atoms with Gasteiger partial charge in [-0.1, -0.05) is 70.7 Å². The maximum atomic E-state index is 10.8. The molecule has 2 fully saturated rings. The number of allylic oxidation sites excluding steroid dienone is 1. The second-order valence-electron chi connectivity index (χ2n) is 15.1. The first-order chi connectivity index (χ1) is 25.7. The number of nitrogens with zero attached hydrogens (tertiary/aromatic N) is 3. The van der Waals surface area contributed by atoms with Gasteiger partial charge in [0.15, 0.2) is 0 Å². The summed E-state index contributed by atoms with van der Waals surface area (Å²) < 4.78 is 23.7. The van der Waals surface area contributed by atoms with E-state index in [9.17, 15) is 5.26 Å². The van der Waals surface area contributed by atoms with Gasteiger partial charge in [-0.2, -0.15) is 5.26 Å². The zero-order valence-corrected chi connectivity index (χ0v) is 31.2. The minimum absolute atomic E-state index is 0.0440. The van der Waals surface area contributed by atoms with Crippen molar-refractivity contribution in [3.8, 4) is 34.9 Å². The number of nitriles is 1. The fourth-order valence-electron chi connectivity index (χ4n) is 7.96. The van der Waals surface area contributed by atoms with E-state index in [1.165, 1.54) is 5.56 Å². The Balaban J connectivity index is 1.49. The van der Waals surface area contributed by atoms with Crippen LogP contribution >= 0.6 is 0 Å². The van der Waals surface area contributed by atoms with Crippen molar-refractivity contribution in [3.63, 3.8) is 0 Å². The van der Waals surface area contributed by atoms with Crippen molar-refractivity contribution in [1.29, 1.82) is 5.26 Å². The molecule has 1 aromatic heterocycles. The van der Waals surface area contributed by atoms with Gasteiger partial charge >= 0.3 is 0 Å². The summed E-state index contributed by atoms with van der Waals surface area (Å²) in [6.07, 6.45) is 8.24. The predicted octanol–water partition coefficient (Wildman–Crippen LogP) is 11.3. The molecule has 0 saturated heterocycles. The molecular formula is C45H46N4O4. The van der Waals surface area contributed by atoms with Crippen molar-refractivity contribution in [1.82, 2.24) is 4.98 Å². The fraction of sp³-hybridized carbons (Fsp3) is 0.356. The number of benzene rings is 3. The molecule has 2 saturated carbocycles. The molecule has 0 radical (unpaired) electrons. The first-order valence-electron chi connectivity index (χ1n) is 18.6. The maximum Gasteiger partial charge on any atom is 0.253 e. The van der Waals surface area contributed by atoms with Crippen LogP contribution < -0.4 is 18.9 Å². The van der Waals surface area contributed by atoms with Gasteiger partial charge in [0.2, 0.25) is 11.8 Å². The van der Waals surface area contributed by atoms with E-state index >= 15 is 0 Å². The average molecular weight is 707 g/mol. The number of aromatic amines is 1. The van der Waals surface area contributed by atoms with Gasteiger partial charge in [0.25, 0.3) is 5.70 Å².